The van der Waals surface area contributed by atoms with Crippen LogP contribution in [0.3, 0.4) is 0 Å². The Kier molecular flexibility index (Phi) is 6.17. The summed E-state index contributed by atoms with van der Waals surface area (Å²) in [7, 11) is 0. The van der Waals surface area contributed by atoms with Crippen molar-refractivity contribution < 1.29 is 19.4 Å². The van der Waals surface area contributed by atoms with E-state index < -0.39 is 11.6 Å². The molecule has 0 unspecified atom stereocenters. The van der Waals surface area contributed by atoms with Gasteiger partial charge in [0.25, 0.3) is 0 Å². The van der Waals surface area contributed by atoms with E-state index in [9.17, 15) is 14.7 Å². The highest BCUT2D eigenvalue weighted by Crippen LogP contribution is 2.28. The summed E-state index contributed by atoms with van der Waals surface area (Å²) < 4.78 is 5.40. The molecule has 2 rings (SSSR count). The van der Waals surface area contributed by atoms with Gasteiger partial charge in [-0.1, -0.05) is 5.11 Å². The van der Waals surface area contributed by atoms with Crippen molar-refractivity contribution in [2.75, 3.05) is 31.1 Å². The van der Waals surface area contributed by atoms with Crippen molar-refractivity contribution in [2.45, 2.75) is 39.8 Å². The van der Waals surface area contributed by atoms with Crippen LogP contribution in [0.5, 0.6) is 0 Å². The monoisotopic (exact) mass is 375 g/mol. The number of aromatic carboxylic acids is 1. The number of ether oxygens (including phenoxy) is 1. The minimum atomic E-state index is -1.04. The Labute approximate surface area is 158 Å². The maximum absolute atomic E-state index is 12.2. The zero-order valence-corrected chi connectivity index (χ0v) is 16.1. The van der Waals surface area contributed by atoms with E-state index in [0.29, 0.717) is 31.7 Å². The summed E-state index contributed by atoms with van der Waals surface area (Å²) in [5.74, 6) is -1.04. The quantitative estimate of drug-likeness (QED) is 0.490. The summed E-state index contributed by atoms with van der Waals surface area (Å²) >= 11 is 0. The molecule has 9 nitrogen and oxygen atoms in total. The van der Waals surface area contributed by atoms with E-state index in [0.717, 1.165) is 11.3 Å². The van der Waals surface area contributed by atoms with Crippen LogP contribution >= 0.6 is 0 Å². The van der Waals surface area contributed by atoms with Crippen molar-refractivity contribution in [1.29, 1.82) is 0 Å². The summed E-state index contributed by atoms with van der Waals surface area (Å²) in [6.07, 6.45) is -0.345. The van der Waals surface area contributed by atoms with Crippen molar-refractivity contribution in [3.8, 4) is 0 Å². The van der Waals surface area contributed by atoms with Crippen LogP contribution in [0.1, 0.15) is 42.3 Å². The minimum absolute atomic E-state index is 0.0916. The molecule has 1 N–H and O–H groups in total. The molecule has 1 aromatic rings. The number of rotatable bonds is 4. The number of azide groups is 1. The van der Waals surface area contributed by atoms with E-state index in [1.54, 1.807) is 11.0 Å². The maximum Gasteiger partial charge on any atom is 0.410 e. The van der Waals surface area contributed by atoms with Crippen molar-refractivity contribution in [3.63, 3.8) is 0 Å². The van der Waals surface area contributed by atoms with Crippen LogP contribution in [0.15, 0.2) is 17.2 Å². The Hall–Kier alpha value is -2.93. The second-order valence-electron chi connectivity index (χ2n) is 7.43. The van der Waals surface area contributed by atoms with E-state index in [4.69, 9.17) is 10.3 Å². The average molecular weight is 375 g/mol. The highest BCUT2D eigenvalue weighted by atomic mass is 16.6. The van der Waals surface area contributed by atoms with Gasteiger partial charge in [-0.15, -0.1) is 0 Å². The van der Waals surface area contributed by atoms with Crippen LogP contribution in [-0.4, -0.2) is 53.8 Å². The van der Waals surface area contributed by atoms with Crippen molar-refractivity contribution in [1.82, 2.24) is 4.90 Å². The van der Waals surface area contributed by atoms with E-state index in [2.05, 4.69) is 10.0 Å². The number of amides is 1. The third-order valence-corrected chi connectivity index (χ3v) is 4.31. The fourth-order valence-electron chi connectivity index (χ4n) is 2.94. The van der Waals surface area contributed by atoms with Gasteiger partial charge >= 0.3 is 12.1 Å². The molecule has 0 spiro atoms. The van der Waals surface area contributed by atoms with Gasteiger partial charge in [-0.2, -0.15) is 0 Å². The molecule has 9 heteroatoms. The second-order valence-corrected chi connectivity index (χ2v) is 7.43. The standard InChI is InChI=1S/C18H25N5O4/c1-12-14(11-20-21-19)9-13(16(24)25)10-15(12)22-5-7-23(8-6-22)17(26)27-18(2,3)4/h9-10H,5-8,11H2,1-4H3,(H,24,25). The van der Waals surface area contributed by atoms with E-state index in [1.807, 2.05) is 32.6 Å². The number of carbonyl (C=O) groups excluding carboxylic acids is 1. The average Bonchev–Trinajstić information content (AvgIpc) is 2.59. The second kappa shape index (κ2) is 8.18. The van der Waals surface area contributed by atoms with Crippen molar-refractivity contribution >= 4 is 17.7 Å². The number of piperazine rings is 1. The zero-order valence-electron chi connectivity index (χ0n) is 16.1. The molecule has 1 saturated heterocycles. The Morgan fingerprint density at radius 3 is 2.41 bits per heavy atom. The summed E-state index contributed by atoms with van der Waals surface area (Å²) in [6.45, 7) is 9.54. The van der Waals surface area contributed by atoms with Gasteiger partial charge in [0.1, 0.15) is 5.60 Å². The van der Waals surface area contributed by atoms with Gasteiger partial charge < -0.3 is 19.6 Å². The largest absolute Gasteiger partial charge is 0.478 e. The molecule has 1 amide bonds. The Morgan fingerprint density at radius 2 is 1.89 bits per heavy atom. The normalized spacial score (nSPS) is 14.5. The van der Waals surface area contributed by atoms with E-state index in [1.165, 1.54) is 6.07 Å². The first-order chi connectivity index (χ1) is 12.6. The maximum atomic E-state index is 12.2. The summed E-state index contributed by atoms with van der Waals surface area (Å²) in [4.78, 5) is 30.1. The lowest BCUT2D eigenvalue weighted by Gasteiger charge is -2.37. The molecular weight excluding hydrogens is 350 g/mol. The fraction of sp³-hybridized carbons (Fsp3) is 0.556. The molecule has 0 radical (unpaired) electrons. The lowest BCUT2D eigenvalue weighted by molar-refractivity contribution is 0.0240. The lowest BCUT2D eigenvalue weighted by atomic mass is 10.0. The van der Waals surface area contributed by atoms with Gasteiger partial charge in [-0.25, -0.2) is 9.59 Å². The molecular formula is C18H25N5O4. The van der Waals surface area contributed by atoms with Crippen molar-refractivity contribution in [3.05, 3.63) is 39.3 Å². The van der Waals surface area contributed by atoms with Gasteiger partial charge in [0, 0.05) is 36.8 Å². The highest BCUT2D eigenvalue weighted by molar-refractivity contribution is 5.89. The molecule has 0 aromatic heterocycles. The third kappa shape index (κ3) is 5.27. The van der Waals surface area contributed by atoms with Crippen LogP contribution < -0.4 is 4.90 Å². The zero-order chi connectivity index (χ0) is 20.2. The van der Waals surface area contributed by atoms with E-state index >= 15 is 0 Å². The Morgan fingerprint density at radius 1 is 1.26 bits per heavy atom. The molecule has 0 atom stereocenters. The third-order valence-electron chi connectivity index (χ3n) is 4.31. The molecule has 1 aliphatic heterocycles. The first-order valence-electron chi connectivity index (χ1n) is 8.73. The smallest absolute Gasteiger partial charge is 0.410 e. The highest BCUT2D eigenvalue weighted by Gasteiger charge is 2.27. The van der Waals surface area contributed by atoms with E-state index in [-0.39, 0.29) is 18.2 Å². The number of hydrogen-bond acceptors (Lipinski definition) is 5. The minimum Gasteiger partial charge on any atom is -0.478 e. The number of nitrogens with zero attached hydrogens (tertiary/aromatic N) is 5. The van der Waals surface area contributed by atoms with Crippen LogP contribution in [0, 0.1) is 6.92 Å². The van der Waals surface area contributed by atoms with Gasteiger partial charge in [0.15, 0.2) is 0 Å². The number of anilines is 1. The molecule has 27 heavy (non-hydrogen) atoms. The van der Waals surface area contributed by atoms with Gasteiger partial charge in [0.2, 0.25) is 0 Å². The molecule has 1 aliphatic rings. The Balaban J connectivity index is 2.19. The van der Waals surface area contributed by atoms with Crippen LogP contribution in [0.4, 0.5) is 10.5 Å². The predicted molar refractivity (Wildman–Crippen MR) is 101 cm³/mol. The predicted octanol–water partition coefficient (Wildman–Crippen LogP) is 3.56. The van der Waals surface area contributed by atoms with Crippen LogP contribution in [0.25, 0.3) is 10.4 Å². The molecule has 0 bridgehead atoms. The molecule has 0 aliphatic carbocycles. The number of hydrogen-bond donors (Lipinski definition) is 1. The van der Waals surface area contributed by atoms with Gasteiger partial charge in [-0.05, 0) is 56.5 Å². The number of carbonyl (C=O) groups is 2. The van der Waals surface area contributed by atoms with Gasteiger partial charge in [-0.3, -0.25) is 0 Å². The first-order valence-corrected chi connectivity index (χ1v) is 8.73. The van der Waals surface area contributed by atoms with Crippen LogP contribution in [-0.2, 0) is 11.3 Å². The SMILES string of the molecule is Cc1c(CN=[N+]=[N-])cc(C(=O)O)cc1N1CCN(C(=O)OC(C)(C)C)CC1. The molecule has 0 saturated carbocycles. The summed E-state index contributed by atoms with van der Waals surface area (Å²) in [5.41, 5.74) is 10.5. The molecule has 146 valence electrons. The fourth-order valence-corrected chi connectivity index (χ4v) is 2.94. The number of carboxylic acids is 1. The lowest BCUT2D eigenvalue weighted by Crippen LogP contribution is -2.50. The molecule has 1 fully saturated rings. The first kappa shape index (κ1) is 20.4. The number of carboxylic acid groups (broad SMARTS) is 1. The molecule has 1 aromatic carbocycles. The number of benzene rings is 1. The summed E-state index contributed by atoms with van der Waals surface area (Å²) in [5, 5.41) is 12.9. The topological polar surface area (TPSA) is 119 Å². The van der Waals surface area contributed by atoms with Gasteiger partial charge in [0.05, 0.1) is 12.1 Å². The van der Waals surface area contributed by atoms with Crippen LogP contribution in [0.2, 0.25) is 0 Å². The summed E-state index contributed by atoms with van der Waals surface area (Å²) in [6, 6.07) is 3.16. The molecule has 1 heterocycles. The Bertz CT molecular complexity index is 773. The van der Waals surface area contributed by atoms with Crippen molar-refractivity contribution in [2.24, 2.45) is 5.11 Å².